The Balaban J connectivity index is 3.85. The molecule has 0 aliphatic heterocycles. The fraction of sp³-hybridized carbons (Fsp3) is 0.600. The summed E-state index contributed by atoms with van der Waals surface area (Å²) in [6, 6.07) is 0. The van der Waals surface area contributed by atoms with E-state index in [4.69, 9.17) is 0 Å². The van der Waals surface area contributed by atoms with Crippen LogP contribution in [0.15, 0.2) is 12.7 Å². The van der Waals surface area contributed by atoms with Crippen molar-refractivity contribution < 1.29 is 19.1 Å². The molecule has 0 spiro atoms. The van der Waals surface area contributed by atoms with Gasteiger partial charge in [-0.3, -0.25) is 9.59 Å². The predicted octanol–water partition coefficient (Wildman–Crippen LogP) is 1.30. The zero-order chi connectivity index (χ0) is 11.0. The molecule has 0 aromatic carbocycles. The molecule has 0 rings (SSSR count). The smallest absolute Gasteiger partial charge is 0.306 e. The Morgan fingerprint density at radius 1 is 1.29 bits per heavy atom. The van der Waals surface area contributed by atoms with E-state index in [0.717, 1.165) is 0 Å². The molecule has 14 heavy (non-hydrogen) atoms. The average Bonchev–Trinajstić information content (AvgIpc) is 2.22. The van der Waals surface area contributed by atoms with Crippen LogP contribution in [0, 0.1) is 5.92 Å². The Morgan fingerprint density at radius 3 is 2.29 bits per heavy atom. The third-order valence-corrected chi connectivity index (χ3v) is 1.94. The number of carbonyl (C=O) groups is 2. The third kappa shape index (κ3) is 5.35. The van der Waals surface area contributed by atoms with E-state index in [0.29, 0.717) is 12.8 Å². The number of methoxy groups -OCH3 is 2. The lowest BCUT2D eigenvalue weighted by atomic mass is 10.00. The normalized spacial score (nSPS) is 11.6. The van der Waals surface area contributed by atoms with E-state index in [1.807, 2.05) is 0 Å². The highest BCUT2D eigenvalue weighted by Gasteiger charge is 2.12. The van der Waals surface area contributed by atoms with Crippen molar-refractivity contribution in [2.24, 2.45) is 5.92 Å². The van der Waals surface area contributed by atoms with Crippen LogP contribution in [0.3, 0.4) is 0 Å². The van der Waals surface area contributed by atoms with Gasteiger partial charge in [0.25, 0.3) is 0 Å². The SMILES string of the molecule is C=C[C@@H](CCC(=O)OC)CC(=O)OC. The molecule has 4 nitrogen and oxygen atoms in total. The second-order valence-electron chi connectivity index (χ2n) is 2.89. The number of allylic oxidation sites excluding steroid dienone is 1. The van der Waals surface area contributed by atoms with Crippen LogP contribution in [0.5, 0.6) is 0 Å². The molecule has 0 saturated heterocycles. The minimum absolute atomic E-state index is 0.0263. The molecule has 0 N–H and O–H groups in total. The Kier molecular flexibility index (Phi) is 6.45. The van der Waals surface area contributed by atoms with Gasteiger partial charge in [-0.05, 0) is 12.3 Å². The van der Waals surface area contributed by atoms with Crippen LogP contribution < -0.4 is 0 Å². The van der Waals surface area contributed by atoms with E-state index < -0.39 is 0 Å². The minimum Gasteiger partial charge on any atom is -0.469 e. The van der Waals surface area contributed by atoms with Crippen molar-refractivity contribution in [2.45, 2.75) is 19.3 Å². The zero-order valence-corrected chi connectivity index (χ0v) is 8.62. The van der Waals surface area contributed by atoms with Gasteiger partial charge in [0.2, 0.25) is 0 Å². The summed E-state index contributed by atoms with van der Waals surface area (Å²) in [5.41, 5.74) is 0. The van der Waals surface area contributed by atoms with Crippen molar-refractivity contribution in [3.63, 3.8) is 0 Å². The zero-order valence-electron chi connectivity index (χ0n) is 8.62. The van der Waals surface area contributed by atoms with Crippen LogP contribution in [-0.4, -0.2) is 26.2 Å². The molecule has 4 heteroatoms. The molecule has 0 aromatic heterocycles. The Morgan fingerprint density at radius 2 is 1.86 bits per heavy atom. The average molecular weight is 200 g/mol. The van der Waals surface area contributed by atoms with Crippen LogP contribution in [0.2, 0.25) is 0 Å². The second kappa shape index (κ2) is 7.12. The minimum atomic E-state index is -0.292. The maximum atomic E-state index is 10.9. The monoisotopic (exact) mass is 200 g/mol. The van der Waals surface area contributed by atoms with Crippen molar-refractivity contribution in [1.82, 2.24) is 0 Å². The first-order chi connectivity index (χ1) is 6.63. The molecule has 0 saturated carbocycles. The van der Waals surface area contributed by atoms with Crippen molar-refractivity contribution in [3.05, 3.63) is 12.7 Å². The number of esters is 2. The quantitative estimate of drug-likeness (QED) is 0.479. The summed E-state index contributed by atoms with van der Waals surface area (Å²) in [6.45, 7) is 3.59. The van der Waals surface area contributed by atoms with E-state index in [1.165, 1.54) is 14.2 Å². The number of ether oxygens (including phenoxy) is 2. The molecule has 0 aliphatic rings. The molecule has 0 heterocycles. The predicted molar refractivity (Wildman–Crippen MR) is 51.6 cm³/mol. The molecule has 0 aromatic rings. The second-order valence-corrected chi connectivity index (χ2v) is 2.89. The van der Waals surface area contributed by atoms with Gasteiger partial charge in [-0.25, -0.2) is 0 Å². The fourth-order valence-electron chi connectivity index (χ4n) is 1.01. The van der Waals surface area contributed by atoms with Gasteiger partial charge in [-0.15, -0.1) is 6.58 Å². The molecule has 0 fully saturated rings. The summed E-state index contributed by atoms with van der Waals surface area (Å²) < 4.78 is 9.00. The topological polar surface area (TPSA) is 52.6 Å². The van der Waals surface area contributed by atoms with Gasteiger partial charge in [-0.2, -0.15) is 0 Å². The maximum Gasteiger partial charge on any atom is 0.306 e. The summed E-state index contributed by atoms with van der Waals surface area (Å²) in [7, 11) is 2.67. The number of hydrogen-bond acceptors (Lipinski definition) is 4. The lowest BCUT2D eigenvalue weighted by Crippen LogP contribution is -2.10. The fourth-order valence-corrected chi connectivity index (χ4v) is 1.01. The van der Waals surface area contributed by atoms with Gasteiger partial charge in [0.1, 0.15) is 0 Å². The first-order valence-corrected chi connectivity index (χ1v) is 4.40. The molecule has 0 unspecified atom stereocenters. The highest BCUT2D eigenvalue weighted by atomic mass is 16.5. The van der Waals surface area contributed by atoms with Crippen molar-refractivity contribution >= 4 is 11.9 Å². The van der Waals surface area contributed by atoms with Crippen molar-refractivity contribution in [1.29, 1.82) is 0 Å². The van der Waals surface area contributed by atoms with Crippen LogP contribution in [0.4, 0.5) is 0 Å². The highest BCUT2D eigenvalue weighted by molar-refractivity contribution is 5.71. The summed E-state index contributed by atoms with van der Waals surface area (Å²) in [5.74, 6) is -0.594. The molecular formula is C10H16O4. The van der Waals surface area contributed by atoms with Gasteiger partial charge < -0.3 is 9.47 Å². The first-order valence-electron chi connectivity index (χ1n) is 4.40. The van der Waals surface area contributed by atoms with E-state index in [2.05, 4.69) is 16.1 Å². The standard InChI is InChI=1S/C10H16O4/c1-4-8(7-10(12)14-3)5-6-9(11)13-2/h4,8H,1,5-7H2,2-3H3/t8-/m0/s1. The molecule has 0 radical (unpaired) electrons. The largest absolute Gasteiger partial charge is 0.469 e. The van der Waals surface area contributed by atoms with Crippen LogP contribution in [0.1, 0.15) is 19.3 Å². The molecule has 1 atom stereocenters. The Labute approximate surface area is 83.9 Å². The number of hydrogen-bond donors (Lipinski definition) is 0. The molecule has 0 aliphatic carbocycles. The first kappa shape index (κ1) is 12.7. The van der Waals surface area contributed by atoms with Crippen molar-refractivity contribution in [3.8, 4) is 0 Å². The lowest BCUT2D eigenvalue weighted by molar-refractivity contribution is -0.143. The highest BCUT2D eigenvalue weighted by Crippen LogP contribution is 2.13. The Hall–Kier alpha value is -1.32. The van der Waals surface area contributed by atoms with Crippen LogP contribution in [-0.2, 0) is 19.1 Å². The third-order valence-electron chi connectivity index (χ3n) is 1.94. The van der Waals surface area contributed by atoms with Gasteiger partial charge in [0, 0.05) is 6.42 Å². The number of carbonyl (C=O) groups excluding carboxylic acids is 2. The maximum absolute atomic E-state index is 10.9. The number of rotatable bonds is 6. The molecular weight excluding hydrogens is 184 g/mol. The van der Waals surface area contributed by atoms with Crippen LogP contribution >= 0.6 is 0 Å². The molecule has 0 amide bonds. The van der Waals surface area contributed by atoms with E-state index in [-0.39, 0.29) is 24.3 Å². The molecule has 80 valence electrons. The van der Waals surface area contributed by atoms with E-state index >= 15 is 0 Å². The summed E-state index contributed by atoms with van der Waals surface area (Å²) >= 11 is 0. The van der Waals surface area contributed by atoms with Gasteiger partial charge >= 0.3 is 11.9 Å². The summed E-state index contributed by atoms with van der Waals surface area (Å²) in [5, 5.41) is 0. The van der Waals surface area contributed by atoms with E-state index in [1.54, 1.807) is 6.08 Å². The molecule has 0 bridgehead atoms. The summed E-state index contributed by atoms with van der Waals surface area (Å²) in [4.78, 5) is 21.7. The van der Waals surface area contributed by atoms with Gasteiger partial charge in [0.15, 0.2) is 0 Å². The summed E-state index contributed by atoms with van der Waals surface area (Å²) in [6.07, 6.45) is 2.77. The lowest BCUT2D eigenvalue weighted by Gasteiger charge is -2.09. The van der Waals surface area contributed by atoms with Gasteiger partial charge in [0.05, 0.1) is 20.6 Å². The van der Waals surface area contributed by atoms with E-state index in [9.17, 15) is 9.59 Å². The van der Waals surface area contributed by atoms with Crippen LogP contribution in [0.25, 0.3) is 0 Å². The Bertz CT molecular complexity index is 210. The van der Waals surface area contributed by atoms with Gasteiger partial charge in [-0.1, -0.05) is 6.08 Å². The van der Waals surface area contributed by atoms with Crippen molar-refractivity contribution in [2.75, 3.05) is 14.2 Å².